The van der Waals surface area contributed by atoms with Crippen LogP contribution in [0.25, 0.3) is 5.69 Å². The zero-order chi connectivity index (χ0) is 14.5. The summed E-state index contributed by atoms with van der Waals surface area (Å²) >= 11 is 1.68. The van der Waals surface area contributed by atoms with Gasteiger partial charge >= 0.3 is 0 Å². The summed E-state index contributed by atoms with van der Waals surface area (Å²) in [6.07, 6.45) is 4.87. The normalized spacial score (nSPS) is 10.5. The zero-order valence-corrected chi connectivity index (χ0v) is 12.2. The monoisotopic (exact) mass is 297 g/mol. The molecule has 0 aliphatic rings. The summed E-state index contributed by atoms with van der Waals surface area (Å²) in [5.74, 6) is 0.0287. The van der Waals surface area contributed by atoms with Crippen LogP contribution in [0, 0.1) is 0 Å². The van der Waals surface area contributed by atoms with Crippen molar-refractivity contribution < 1.29 is 4.79 Å². The summed E-state index contributed by atoms with van der Waals surface area (Å²) in [7, 11) is 0. The second-order valence-electron chi connectivity index (χ2n) is 4.63. The summed E-state index contributed by atoms with van der Waals surface area (Å²) in [6.45, 7) is 0. The van der Waals surface area contributed by atoms with Crippen molar-refractivity contribution in [3.05, 3.63) is 65.1 Å². The average molecular weight is 297 g/mol. The van der Waals surface area contributed by atoms with E-state index in [1.165, 1.54) is 4.88 Å². The van der Waals surface area contributed by atoms with Crippen LogP contribution < -0.4 is 5.32 Å². The highest BCUT2D eigenvalue weighted by Gasteiger charge is 2.05. The van der Waals surface area contributed by atoms with Gasteiger partial charge in [0.15, 0.2) is 0 Å². The number of nitrogens with zero attached hydrogens (tertiary/aromatic N) is 2. The molecule has 0 bridgehead atoms. The fourth-order valence-corrected chi connectivity index (χ4v) is 2.77. The van der Waals surface area contributed by atoms with Gasteiger partial charge in [-0.15, -0.1) is 11.3 Å². The summed E-state index contributed by atoms with van der Waals surface area (Å²) in [6, 6.07) is 13.6. The minimum absolute atomic E-state index is 0.0287. The SMILES string of the molecule is O=C(CCc1cccs1)Nc1cccc(-n2cccn2)c1. The molecule has 2 aromatic heterocycles. The summed E-state index contributed by atoms with van der Waals surface area (Å²) in [4.78, 5) is 13.2. The number of thiophene rings is 1. The number of hydrogen-bond acceptors (Lipinski definition) is 3. The molecular weight excluding hydrogens is 282 g/mol. The van der Waals surface area contributed by atoms with Crippen molar-refractivity contribution >= 4 is 22.9 Å². The lowest BCUT2D eigenvalue weighted by atomic mass is 10.2. The highest BCUT2D eigenvalue weighted by atomic mass is 32.1. The molecule has 0 saturated heterocycles. The Labute approximate surface area is 127 Å². The largest absolute Gasteiger partial charge is 0.326 e. The Hall–Kier alpha value is -2.40. The van der Waals surface area contributed by atoms with Gasteiger partial charge in [0.25, 0.3) is 0 Å². The number of anilines is 1. The Morgan fingerprint density at radius 2 is 2.19 bits per heavy atom. The highest BCUT2D eigenvalue weighted by Crippen LogP contribution is 2.15. The van der Waals surface area contributed by atoms with Crippen molar-refractivity contribution in [1.29, 1.82) is 0 Å². The van der Waals surface area contributed by atoms with Crippen molar-refractivity contribution in [2.75, 3.05) is 5.32 Å². The third-order valence-corrected chi connectivity index (χ3v) is 4.01. The van der Waals surface area contributed by atoms with E-state index in [2.05, 4.69) is 16.5 Å². The van der Waals surface area contributed by atoms with E-state index in [1.807, 2.05) is 48.0 Å². The van der Waals surface area contributed by atoms with Gasteiger partial charge in [-0.1, -0.05) is 12.1 Å². The Morgan fingerprint density at radius 1 is 1.24 bits per heavy atom. The summed E-state index contributed by atoms with van der Waals surface area (Å²) in [5, 5.41) is 9.14. The van der Waals surface area contributed by atoms with Crippen molar-refractivity contribution in [3.63, 3.8) is 0 Å². The minimum atomic E-state index is 0.0287. The second-order valence-corrected chi connectivity index (χ2v) is 5.66. The molecule has 1 N–H and O–H groups in total. The molecule has 3 rings (SSSR count). The summed E-state index contributed by atoms with van der Waals surface area (Å²) < 4.78 is 1.77. The van der Waals surface area contributed by atoms with E-state index >= 15 is 0 Å². The van der Waals surface area contributed by atoms with Gasteiger partial charge in [-0.05, 0) is 42.1 Å². The molecule has 106 valence electrons. The highest BCUT2D eigenvalue weighted by molar-refractivity contribution is 7.09. The minimum Gasteiger partial charge on any atom is -0.326 e. The molecule has 0 aliphatic heterocycles. The van der Waals surface area contributed by atoms with E-state index in [1.54, 1.807) is 22.2 Å². The number of aryl methyl sites for hydroxylation is 1. The number of aromatic nitrogens is 2. The number of hydrogen-bond donors (Lipinski definition) is 1. The molecule has 0 unspecified atom stereocenters. The third-order valence-electron chi connectivity index (χ3n) is 3.08. The van der Waals surface area contributed by atoms with Crippen LogP contribution in [0.1, 0.15) is 11.3 Å². The van der Waals surface area contributed by atoms with Crippen molar-refractivity contribution in [2.45, 2.75) is 12.8 Å². The smallest absolute Gasteiger partial charge is 0.224 e. The van der Waals surface area contributed by atoms with Gasteiger partial charge in [0.1, 0.15) is 0 Å². The van der Waals surface area contributed by atoms with Gasteiger partial charge in [-0.25, -0.2) is 4.68 Å². The maximum Gasteiger partial charge on any atom is 0.224 e. The maximum absolute atomic E-state index is 12.0. The number of amides is 1. The standard InChI is InChI=1S/C16H15N3OS/c20-16(8-7-15-6-2-11-21-15)18-13-4-1-5-14(12-13)19-10-3-9-17-19/h1-6,9-12H,7-8H2,(H,18,20). The van der Waals surface area contributed by atoms with Gasteiger partial charge in [-0.2, -0.15) is 5.10 Å². The fourth-order valence-electron chi connectivity index (χ4n) is 2.06. The van der Waals surface area contributed by atoms with Crippen LogP contribution in [0.15, 0.2) is 60.2 Å². The molecule has 5 heteroatoms. The molecule has 3 aromatic rings. The molecule has 0 spiro atoms. The summed E-state index contributed by atoms with van der Waals surface area (Å²) in [5.41, 5.74) is 1.72. The van der Waals surface area contributed by atoms with Crippen LogP contribution in [0.3, 0.4) is 0 Å². The molecule has 2 heterocycles. The zero-order valence-electron chi connectivity index (χ0n) is 11.4. The number of nitrogens with one attached hydrogen (secondary N) is 1. The van der Waals surface area contributed by atoms with Gasteiger partial charge in [0.2, 0.25) is 5.91 Å². The molecule has 0 fully saturated rings. The van der Waals surface area contributed by atoms with E-state index in [9.17, 15) is 4.79 Å². The average Bonchev–Trinajstić information content (AvgIpc) is 3.19. The van der Waals surface area contributed by atoms with Crippen molar-refractivity contribution in [2.24, 2.45) is 0 Å². The van der Waals surface area contributed by atoms with Gasteiger partial charge in [0.05, 0.1) is 5.69 Å². The predicted octanol–water partition coefficient (Wildman–Crippen LogP) is 3.51. The molecule has 21 heavy (non-hydrogen) atoms. The quantitative estimate of drug-likeness (QED) is 0.783. The lowest BCUT2D eigenvalue weighted by Crippen LogP contribution is -2.12. The van der Waals surface area contributed by atoms with E-state index in [0.29, 0.717) is 6.42 Å². The van der Waals surface area contributed by atoms with Gasteiger partial charge in [-0.3, -0.25) is 4.79 Å². The van der Waals surface area contributed by atoms with Gasteiger partial charge in [0, 0.05) is 29.4 Å². The Kier molecular flexibility index (Phi) is 4.12. The lowest BCUT2D eigenvalue weighted by Gasteiger charge is -2.07. The van der Waals surface area contributed by atoms with Gasteiger partial charge < -0.3 is 5.32 Å². The van der Waals surface area contributed by atoms with E-state index in [4.69, 9.17) is 0 Å². The molecule has 0 aliphatic carbocycles. The van der Waals surface area contributed by atoms with E-state index < -0.39 is 0 Å². The van der Waals surface area contributed by atoms with Crippen molar-refractivity contribution in [3.8, 4) is 5.69 Å². The molecule has 1 aromatic carbocycles. The molecule has 4 nitrogen and oxygen atoms in total. The Balaban J connectivity index is 1.62. The molecule has 0 radical (unpaired) electrons. The first kappa shape index (κ1) is 13.6. The van der Waals surface area contributed by atoms with E-state index in [-0.39, 0.29) is 5.91 Å². The predicted molar refractivity (Wildman–Crippen MR) is 84.8 cm³/mol. The topological polar surface area (TPSA) is 46.9 Å². The Morgan fingerprint density at radius 3 is 2.95 bits per heavy atom. The lowest BCUT2D eigenvalue weighted by molar-refractivity contribution is -0.116. The van der Waals surface area contributed by atoms with Crippen LogP contribution in [0.4, 0.5) is 5.69 Å². The first-order valence-corrected chi connectivity index (χ1v) is 7.61. The second kappa shape index (κ2) is 6.37. The molecular formula is C16H15N3OS. The number of benzene rings is 1. The molecule has 0 atom stereocenters. The molecule has 0 saturated carbocycles. The molecule has 1 amide bonds. The fraction of sp³-hybridized carbons (Fsp3) is 0.125. The third kappa shape index (κ3) is 3.58. The van der Waals surface area contributed by atoms with E-state index in [0.717, 1.165) is 17.8 Å². The van der Waals surface area contributed by atoms with Crippen LogP contribution >= 0.6 is 11.3 Å². The Bertz CT molecular complexity index is 705. The first-order chi connectivity index (χ1) is 10.3. The van der Waals surface area contributed by atoms with Crippen LogP contribution in [0.5, 0.6) is 0 Å². The number of rotatable bonds is 5. The van der Waals surface area contributed by atoms with Crippen LogP contribution in [-0.4, -0.2) is 15.7 Å². The first-order valence-electron chi connectivity index (χ1n) is 6.73. The maximum atomic E-state index is 12.0. The van der Waals surface area contributed by atoms with Crippen LogP contribution in [0.2, 0.25) is 0 Å². The number of carbonyl (C=O) groups is 1. The van der Waals surface area contributed by atoms with Crippen LogP contribution in [-0.2, 0) is 11.2 Å². The number of carbonyl (C=O) groups excluding carboxylic acids is 1. The van der Waals surface area contributed by atoms with Crippen molar-refractivity contribution in [1.82, 2.24) is 9.78 Å².